The van der Waals surface area contributed by atoms with Gasteiger partial charge in [-0.2, -0.15) is 0 Å². The fraction of sp³-hybridized carbons (Fsp3) is 0.333. The Hall–Kier alpha value is -1.80. The van der Waals surface area contributed by atoms with Crippen molar-refractivity contribution in [3.63, 3.8) is 0 Å². The van der Waals surface area contributed by atoms with Crippen molar-refractivity contribution in [1.82, 2.24) is 14.9 Å². The largest absolute Gasteiger partial charge is 0.396 e. The molecule has 20 heavy (non-hydrogen) atoms. The molecule has 2 aromatic rings. The molecule has 0 saturated carbocycles. The van der Waals surface area contributed by atoms with E-state index in [1.165, 1.54) is 0 Å². The van der Waals surface area contributed by atoms with Crippen LogP contribution in [0, 0.1) is 0 Å². The molecule has 0 saturated heterocycles. The van der Waals surface area contributed by atoms with Crippen molar-refractivity contribution in [3.05, 3.63) is 22.4 Å². The van der Waals surface area contributed by atoms with Gasteiger partial charge in [0.25, 0.3) is 5.91 Å². The number of pyridine rings is 1. The van der Waals surface area contributed by atoms with E-state index in [-0.39, 0.29) is 6.54 Å². The van der Waals surface area contributed by atoms with E-state index in [1.807, 2.05) is 10.6 Å². The molecule has 0 aromatic carbocycles. The lowest BCUT2D eigenvalue weighted by molar-refractivity contribution is -0.127. The lowest BCUT2D eigenvalue weighted by Crippen LogP contribution is -2.27. The van der Waals surface area contributed by atoms with Crippen LogP contribution in [-0.4, -0.2) is 27.0 Å². The van der Waals surface area contributed by atoms with Crippen molar-refractivity contribution in [1.29, 1.82) is 0 Å². The Morgan fingerprint density at radius 1 is 1.60 bits per heavy atom. The Morgan fingerprint density at radius 3 is 3.00 bits per heavy atom. The van der Waals surface area contributed by atoms with E-state index in [0.717, 1.165) is 23.0 Å². The first-order chi connectivity index (χ1) is 9.56. The minimum Gasteiger partial charge on any atom is -0.396 e. The molecule has 0 spiro atoms. The third-order valence-corrected chi connectivity index (χ3v) is 3.28. The number of fused-ring (bicyclic) bond motifs is 1. The van der Waals surface area contributed by atoms with Gasteiger partial charge in [-0.05, 0) is 28.4 Å². The highest BCUT2D eigenvalue weighted by molar-refractivity contribution is 9.10. The molecule has 7 nitrogen and oxygen atoms in total. The van der Waals surface area contributed by atoms with Crippen LogP contribution in [0.2, 0.25) is 0 Å². The first-order valence-corrected chi connectivity index (χ1v) is 6.98. The summed E-state index contributed by atoms with van der Waals surface area (Å²) in [6.07, 6.45) is 3.61. The molecule has 2 aromatic heterocycles. The highest BCUT2D eigenvalue weighted by Crippen LogP contribution is 2.26. The van der Waals surface area contributed by atoms with E-state index < -0.39 is 5.91 Å². The third kappa shape index (κ3) is 2.86. The van der Waals surface area contributed by atoms with Gasteiger partial charge in [0, 0.05) is 10.7 Å². The molecule has 5 N–H and O–H groups in total. The summed E-state index contributed by atoms with van der Waals surface area (Å²) in [7, 11) is 0. The lowest BCUT2D eigenvalue weighted by Gasteiger charge is -2.06. The molecular weight excluding hydrogens is 326 g/mol. The van der Waals surface area contributed by atoms with Gasteiger partial charge in [-0.25, -0.2) is 10.5 Å². The summed E-state index contributed by atoms with van der Waals surface area (Å²) in [6.45, 7) is 2.00. The molecule has 0 fully saturated rings. The van der Waals surface area contributed by atoms with Gasteiger partial charge in [0.2, 0.25) is 0 Å². The van der Waals surface area contributed by atoms with Gasteiger partial charge in [0.15, 0.2) is 5.65 Å². The average Bonchev–Trinajstić information content (AvgIpc) is 2.75. The quantitative estimate of drug-likeness (QED) is 0.487. The third-order valence-electron chi connectivity index (χ3n) is 2.84. The smallest absolute Gasteiger partial charge is 0.262 e. The Bertz CT molecular complexity index is 640. The maximum absolute atomic E-state index is 11.1. The van der Waals surface area contributed by atoms with Crippen LogP contribution in [0.25, 0.3) is 5.65 Å². The zero-order chi connectivity index (χ0) is 14.7. The number of aromatic nitrogens is 2. The SMILES string of the molecule is CCCc1c(NCC(=O)NO)nc2c(N)cc(Br)cn12. The highest BCUT2D eigenvalue weighted by Gasteiger charge is 2.14. The second-order valence-corrected chi connectivity index (χ2v) is 5.27. The van der Waals surface area contributed by atoms with Crippen LogP contribution in [0.4, 0.5) is 11.5 Å². The van der Waals surface area contributed by atoms with E-state index in [0.29, 0.717) is 17.2 Å². The summed E-state index contributed by atoms with van der Waals surface area (Å²) in [4.78, 5) is 15.5. The second-order valence-electron chi connectivity index (χ2n) is 4.35. The topological polar surface area (TPSA) is 105 Å². The monoisotopic (exact) mass is 341 g/mol. The van der Waals surface area contributed by atoms with Gasteiger partial charge < -0.3 is 11.1 Å². The predicted molar refractivity (Wildman–Crippen MR) is 79.7 cm³/mol. The van der Waals surface area contributed by atoms with E-state index in [4.69, 9.17) is 10.9 Å². The number of anilines is 2. The number of imidazole rings is 1. The number of carbonyl (C=O) groups excluding carboxylic acids is 1. The number of hydroxylamine groups is 1. The molecule has 2 heterocycles. The number of hydrogen-bond donors (Lipinski definition) is 4. The molecule has 8 heteroatoms. The van der Waals surface area contributed by atoms with Gasteiger partial charge in [-0.15, -0.1) is 0 Å². The number of amides is 1. The normalized spacial score (nSPS) is 10.8. The summed E-state index contributed by atoms with van der Waals surface area (Å²) < 4.78 is 2.76. The molecule has 0 aliphatic heterocycles. The van der Waals surface area contributed by atoms with Crippen molar-refractivity contribution >= 4 is 39.0 Å². The lowest BCUT2D eigenvalue weighted by atomic mass is 10.2. The Kier molecular flexibility index (Phi) is 4.46. The predicted octanol–water partition coefficient (Wildman–Crippen LogP) is 1.55. The molecule has 2 rings (SSSR count). The van der Waals surface area contributed by atoms with Gasteiger partial charge >= 0.3 is 0 Å². The Morgan fingerprint density at radius 2 is 2.35 bits per heavy atom. The standard InChI is InChI=1S/C12H16BrN5O2/c1-2-3-9-11(15-5-10(19)17-20)16-12-8(14)4-7(13)6-18(9)12/h4,6,15,20H,2-3,5,14H2,1H3,(H,17,19). The minimum atomic E-state index is -0.529. The first kappa shape index (κ1) is 14.6. The molecule has 0 atom stereocenters. The first-order valence-electron chi connectivity index (χ1n) is 6.19. The van der Waals surface area contributed by atoms with Crippen LogP contribution >= 0.6 is 15.9 Å². The van der Waals surface area contributed by atoms with Crippen LogP contribution < -0.4 is 16.5 Å². The molecule has 108 valence electrons. The van der Waals surface area contributed by atoms with E-state index in [1.54, 1.807) is 11.5 Å². The Labute approximate surface area is 124 Å². The van der Waals surface area contributed by atoms with Crippen molar-refractivity contribution in [3.8, 4) is 0 Å². The van der Waals surface area contributed by atoms with Crippen molar-refractivity contribution in [2.24, 2.45) is 0 Å². The van der Waals surface area contributed by atoms with Gasteiger partial charge in [-0.3, -0.25) is 14.4 Å². The molecule has 0 aliphatic rings. The highest BCUT2D eigenvalue weighted by atomic mass is 79.9. The molecule has 0 unspecified atom stereocenters. The van der Waals surface area contributed by atoms with Gasteiger partial charge in [0.05, 0.1) is 17.9 Å². The average molecular weight is 342 g/mol. The molecule has 0 radical (unpaired) electrons. The summed E-state index contributed by atoms with van der Waals surface area (Å²) >= 11 is 3.40. The van der Waals surface area contributed by atoms with E-state index in [9.17, 15) is 4.79 Å². The molecule has 1 amide bonds. The van der Waals surface area contributed by atoms with Crippen LogP contribution in [0.3, 0.4) is 0 Å². The number of halogens is 1. The summed E-state index contributed by atoms with van der Waals surface area (Å²) in [5.74, 6) is 0.0684. The number of nitrogens with zero attached hydrogens (tertiary/aromatic N) is 2. The molecule has 0 aliphatic carbocycles. The summed E-state index contributed by atoms with van der Waals surface area (Å²) in [5, 5.41) is 11.4. The van der Waals surface area contributed by atoms with Crippen molar-refractivity contribution in [2.45, 2.75) is 19.8 Å². The maximum atomic E-state index is 11.1. The maximum Gasteiger partial charge on any atom is 0.262 e. The van der Waals surface area contributed by atoms with Crippen LogP contribution in [-0.2, 0) is 11.2 Å². The Balaban J connectivity index is 2.44. The number of aryl methyl sites for hydroxylation is 1. The number of nitrogen functional groups attached to an aromatic ring is 1. The van der Waals surface area contributed by atoms with Crippen LogP contribution in [0.15, 0.2) is 16.7 Å². The zero-order valence-corrected chi connectivity index (χ0v) is 12.6. The number of rotatable bonds is 5. The van der Waals surface area contributed by atoms with E-state index in [2.05, 4.69) is 33.2 Å². The second kappa shape index (κ2) is 6.10. The van der Waals surface area contributed by atoms with E-state index >= 15 is 0 Å². The van der Waals surface area contributed by atoms with Crippen molar-refractivity contribution < 1.29 is 10.0 Å². The summed E-state index contributed by atoms with van der Waals surface area (Å²) in [5.41, 5.74) is 9.67. The number of carbonyl (C=O) groups is 1. The molecular formula is C12H16BrN5O2. The molecule has 0 bridgehead atoms. The number of nitrogens with two attached hydrogens (primary N) is 1. The van der Waals surface area contributed by atoms with Crippen molar-refractivity contribution in [2.75, 3.05) is 17.6 Å². The van der Waals surface area contributed by atoms with Crippen LogP contribution in [0.1, 0.15) is 19.0 Å². The number of nitrogens with one attached hydrogen (secondary N) is 2. The van der Waals surface area contributed by atoms with Gasteiger partial charge in [0.1, 0.15) is 5.82 Å². The summed E-state index contributed by atoms with van der Waals surface area (Å²) in [6, 6.07) is 1.78. The fourth-order valence-corrected chi connectivity index (χ4v) is 2.45. The van der Waals surface area contributed by atoms with Crippen LogP contribution in [0.5, 0.6) is 0 Å². The minimum absolute atomic E-state index is 0.0574. The fourth-order valence-electron chi connectivity index (χ4n) is 2.00. The van der Waals surface area contributed by atoms with Gasteiger partial charge in [-0.1, -0.05) is 13.3 Å². The number of hydrogen-bond acceptors (Lipinski definition) is 5. The zero-order valence-electron chi connectivity index (χ0n) is 11.0.